The van der Waals surface area contributed by atoms with E-state index in [0.717, 1.165) is 54.3 Å². The van der Waals surface area contributed by atoms with Crippen molar-refractivity contribution in [3.63, 3.8) is 0 Å². The molecule has 0 aromatic rings. The number of aliphatic hydroxyl groups excluding tert-OH is 3. The molecular formula is C94H130N4O31. The van der Waals surface area contributed by atoms with Crippen LogP contribution in [-0.4, -0.2) is 223 Å². The van der Waals surface area contributed by atoms with E-state index in [2.05, 4.69) is 26.8 Å². The molecule has 35 nitrogen and oxygen atoms in total. The number of fused-ring (bicyclic) bond motifs is 20. The molecule has 129 heavy (non-hydrogen) atoms. The molecule has 20 aliphatic rings. The quantitative estimate of drug-likeness (QED) is 0.0261. The predicted molar refractivity (Wildman–Crippen MR) is 444 cm³/mol. The number of ether oxygens (including phenoxy) is 5. The summed E-state index contributed by atoms with van der Waals surface area (Å²) in [5, 5.41) is 168. The highest BCUT2D eigenvalue weighted by Crippen LogP contribution is 2.77. The van der Waals surface area contributed by atoms with Crippen LogP contribution in [0.3, 0.4) is 0 Å². The number of carbonyl (C=O) groups excluding carboxylic acids is 6. The molecule has 11 N–H and O–H groups in total. The Morgan fingerprint density at radius 1 is 0.434 bits per heavy atom. The van der Waals surface area contributed by atoms with Gasteiger partial charge in [0, 0.05) is 89.4 Å². The maximum atomic E-state index is 12.5. The molecule has 33 atom stereocenters. The number of hydrogen-bond acceptors (Lipinski definition) is 32. The highest BCUT2D eigenvalue weighted by atomic mass is 17.0. The van der Waals surface area contributed by atoms with E-state index in [9.17, 15) is 121 Å². The van der Waals surface area contributed by atoms with Gasteiger partial charge < -0.3 is 99.2 Å². The molecule has 0 saturated heterocycles. The second-order valence-corrected chi connectivity index (χ2v) is 44.5. The Hall–Kier alpha value is -7.37. The van der Waals surface area contributed by atoms with E-state index in [4.69, 9.17) is 38.2 Å². The zero-order chi connectivity index (χ0) is 92.6. The maximum Gasteiger partial charge on any atom is 0.331 e. The van der Waals surface area contributed by atoms with Gasteiger partial charge in [-0.2, -0.15) is 5.26 Å². The average molecular weight is 1810 g/mol. The Bertz CT molecular complexity index is 4710. The van der Waals surface area contributed by atoms with Crippen LogP contribution in [0.25, 0.3) is 0 Å². The van der Waals surface area contributed by atoms with Crippen LogP contribution in [0.2, 0.25) is 0 Å². The van der Waals surface area contributed by atoms with Crippen LogP contribution >= 0.6 is 0 Å². The Balaban J connectivity index is 0.000000121. The van der Waals surface area contributed by atoms with E-state index in [1.54, 1.807) is 12.2 Å². The highest BCUT2D eigenvalue weighted by molar-refractivity contribution is 5.87. The molecule has 4 aliphatic heterocycles. The van der Waals surface area contributed by atoms with Crippen LogP contribution in [0.15, 0.2) is 46.6 Å². The standard InChI is InChI=1S/C25H33NO6.C23H32N2O10.C23H33NO8.C23H32O7/c1-15(27)32-17-3-8-23(14-26)19-4-7-22(2)18(16-11-21(28)31-13-16)6-10-25(22,30)20(19)5-9-24(23,29)12-17;1-20-6-3-17-18(23(20,28)9-5-16(20)14-10-19(26)33-12-14)4-8-22(27)11-15(35-25(31)32)2-7-21(17,22)13-34-24(29)30;1-20-6-3-17-18(23(20,28)9-5-16(20)14-10-19(26)31-12-14)4-8-22(27)11-15(25)2-7-21(17,22)13-32-24(29)30;1-20-5-3-15-16(4-7-22(28)10-14(25)2-6-21(15,22)12-24)23(20,29)18(26)9-17(20)13-8-19(27)30-11-13/h11,17-20,29-30H,3-10,12-13H2,1-2H3;10,15-18,27-28H,2-9,11-13H2,1H3;10,15-18,25,27-28H,2-9,11-13H2,1H3;8,12,14-18,25-26,28-29H,2-7,9-11H2,1H3/t17?,18?,19-,20+,22?,23?,24?,25?;2*15?,16?,17-,18+,20?,21?,22?,23?;14?,15-,16+,17-,18?,20?,21?,22?,23?/m0000/s1. The van der Waals surface area contributed by atoms with Crippen molar-refractivity contribution in [3.8, 4) is 6.07 Å². The Morgan fingerprint density at radius 3 is 1.24 bits per heavy atom. The summed E-state index contributed by atoms with van der Waals surface area (Å²) in [6.07, 6.45) is 21.0. The fourth-order valence-corrected chi connectivity index (χ4v) is 34.4. The van der Waals surface area contributed by atoms with Gasteiger partial charge in [-0.3, -0.25) is 4.79 Å². The third-order valence-corrected chi connectivity index (χ3v) is 40.6. The van der Waals surface area contributed by atoms with Gasteiger partial charge in [-0.1, -0.05) is 27.7 Å². The second kappa shape index (κ2) is 32.5. The van der Waals surface area contributed by atoms with Gasteiger partial charge in [0.2, 0.25) is 0 Å². The fraction of sp³-hybridized carbons (Fsp3) is 0.840. The molecule has 0 spiro atoms. The molecule has 712 valence electrons. The molecule has 16 fully saturated rings. The van der Waals surface area contributed by atoms with Crippen LogP contribution < -0.4 is 0 Å². The molecule has 0 amide bonds. The van der Waals surface area contributed by atoms with Gasteiger partial charge >= 0.3 is 29.8 Å². The molecule has 0 aromatic heterocycles. The lowest BCUT2D eigenvalue weighted by Gasteiger charge is -2.66. The van der Waals surface area contributed by atoms with Crippen LogP contribution in [0.1, 0.15) is 259 Å². The number of aliphatic hydroxyl groups is 11. The zero-order valence-corrected chi connectivity index (χ0v) is 74.6. The monoisotopic (exact) mass is 1810 g/mol. The Kier molecular flexibility index (Phi) is 23.5. The number of cyclic esters (lactones) is 4. The first-order valence-electron chi connectivity index (χ1n) is 47.4. The minimum atomic E-state index is -1.44. The van der Waals surface area contributed by atoms with E-state index < -0.39 is 122 Å². The molecule has 16 saturated carbocycles. The summed E-state index contributed by atoms with van der Waals surface area (Å²) < 4.78 is 26.0. The van der Waals surface area contributed by atoms with Crippen LogP contribution in [-0.2, 0) is 67.0 Å². The summed E-state index contributed by atoms with van der Waals surface area (Å²) in [4.78, 5) is 119. The van der Waals surface area contributed by atoms with Crippen molar-refractivity contribution in [3.05, 3.63) is 76.9 Å². The Morgan fingerprint density at radius 2 is 0.806 bits per heavy atom. The van der Waals surface area contributed by atoms with E-state index in [1.165, 1.54) is 19.1 Å². The van der Waals surface area contributed by atoms with E-state index in [-0.39, 0.29) is 190 Å². The number of nitriles is 1. The van der Waals surface area contributed by atoms with Gasteiger partial charge in [0.15, 0.2) is 0 Å². The summed E-state index contributed by atoms with van der Waals surface area (Å²) in [7, 11) is 0. The van der Waals surface area contributed by atoms with Crippen LogP contribution in [0.4, 0.5) is 0 Å². The van der Waals surface area contributed by atoms with E-state index in [1.807, 2.05) is 6.92 Å². The molecule has 20 rings (SSSR count). The maximum absolute atomic E-state index is 12.5. The molecule has 0 radical (unpaired) electrons. The number of rotatable bonds is 14. The first kappa shape index (κ1) is 93.4. The highest BCUT2D eigenvalue weighted by Gasteiger charge is 2.79. The molecule has 35 heteroatoms. The predicted octanol–water partition coefficient (Wildman–Crippen LogP) is 7.69. The molecule has 0 bridgehead atoms. The third kappa shape index (κ3) is 13.8. The minimum absolute atomic E-state index is 0.00378. The summed E-state index contributed by atoms with van der Waals surface area (Å²) in [6, 6.07) is 2.54. The largest absolute Gasteiger partial charge is 0.462 e. The summed E-state index contributed by atoms with van der Waals surface area (Å²) in [5.41, 5.74) is -11.7. The molecule has 16 aliphatic carbocycles. The number of esters is 5. The van der Waals surface area contributed by atoms with Gasteiger partial charge in [-0.15, -0.1) is 30.3 Å². The SMILES string of the molecule is CC(=O)OC1CCC2(C#N)[C@H]3CCC4(C)C(C5=CC(=O)OC5)CCC4(O)[C@@H]3CCC2(O)C1.CC12CC[C@H]3[C@@H](CCC4(O)CC(O)CCC34C=O)C1(O)C(O)C[C@H]2C1=CC(=O)OC1.CC12CC[C@H]3[C@@H](CCC4(O)CC(O)CCC34CO[N+](=O)[O-])C1(O)CCC2C1=CC(=O)OC1.CC12CC[C@H]3[C@@H](CCC4(O)CC(O[N+](=O)[O-])CCC34CO[N+](=O)[O-])C1(O)CCC2C1=CC(=O)OC1. The second-order valence-electron chi connectivity index (χ2n) is 44.5. The number of hydrogen-bond donors (Lipinski definition) is 11. The van der Waals surface area contributed by atoms with Crippen molar-refractivity contribution in [1.29, 1.82) is 5.26 Å². The van der Waals surface area contributed by atoms with Crippen molar-refractivity contribution in [1.82, 2.24) is 0 Å². The van der Waals surface area contributed by atoms with Crippen LogP contribution in [0.5, 0.6) is 0 Å². The van der Waals surface area contributed by atoms with Crippen molar-refractivity contribution in [2.75, 3.05) is 39.6 Å². The summed E-state index contributed by atoms with van der Waals surface area (Å²) in [6.45, 7) is 10.2. The number of nitrogens with zero attached hydrogens (tertiary/aromatic N) is 4. The van der Waals surface area contributed by atoms with Gasteiger partial charge in [-0.05, 0) is 292 Å². The van der Waals surface area contributed by atoms with Crippen molar-refractivity contribution in [2.24, 2.45) is 114 Å². The number of carbonyl (C=O) groups is 6. The van der Waals surface area contributed by atoms with Gasteiger partial charge in [0.1, 0.15) is 58.1 Å². The van der Waals surface area contributed by atoms with E-state index >= 15 is 0 Å². The lowest BCUT2D eigenvalue weighted by Crippen LogP contribution is -2.70. The third-order valence-electron chi connectivity index (χ3n) is 40.6. The van der Waals surface area contributed by atoms with Gasteiger partial charge in [0.25, 0.3) is 15.3 Å². The lowest BCUT2D eigenvalue weighted by molar-refractivity contribution is -0.772. The first-order chi connectivity index (χ1) is 60.7. The summed E-state index contributed by atoms with van der Waals surface area (Å²) in [5.74, 6) is -3.24. The van der Waals surface area contributed by atoms with Crippen LogP contribution in [0, 0.1) is 156 Å². The first-order valence-corrected chi connectivity index (χ1v) is 47.4. The normalized spacial score (nSPS) is 50.2. The van der Waals surface area contributed by atoms with Gasteiger partial charge in [-0.25, -0.2) is 19.2 Å². The molecule has 0 aromatic carbocycles. The van der Waals surface area contributed by atoms with Crippen molar-refractivity contribution < 1.29 is 138 Å². The zero-order valence-electron chi connectivity index (χ0n) is 74.6. The van der Waals surface area contributed by atoms with Crippen molar-refractivity contribution >= 4 is 36.1 Å². The summed E-state index contributed by atoms with van der Waals surface area (Å²) >= 11 is 0. The van der Waals surface area contributed by atoms with Gasteiger partial charge in [0.05, 0.1) is 80.0 Å². The molecule has 4 heterocycles. The lowest BCUT2D eigenvalue weighted by atomic mass is 9.41. The topological polar surface area (TPSA) is 552 Å². The van der Waals surface area contributed by atoms with E-state index in [0.29, 0.717) is 161 Å². The fourth-order valence-electron chi connectivity index (χ4n) is 34.4. The number of aldehydes is 1. The Labute approximate surface area is 748 Å². The smallest absolute Gasteiger partial charge is 0.331 e. The minimum Gasteiger partial charge on any atom is -0.462 e. The van der Waals surface area contributed by atoms with Crippen molar-refractivity contribution in [2.45, 2.75) is 335 Å². The molecular weight excluding hydrogens is 1680 g/mol. The average Bonchev–Trinajstić information content (AvgIpc) is 1.41. The molecule has 24 unspecified atom stereocenters.